The first-order chi connectivity index (χ1) is 9.86. The van der Waals surface area contributed by atoms with E-state index in [1.807, 2.05) is 30.3 Å². The van der Waals surface area contributed by atoms with Crippen LogP contribution in [0.15, 0.2) is 30.3 Å². The Hall–Kier alpha value is -1.10. The number of hydrogen-bond donors (Lipinski definition) is 1. The lowest BCUT2D eigenvalue weighted by Gasteiger charge is -2.32. The second-order valence-electron chi connectivity index (χ2n) is 5.60. The zero-order chi connectivity index (χ0) is 13.7. The molecule has 1 N–H and O–H groups in total. The Morgan fingerprint density at radius 2 is 1.95 bits per heavy atom. The zero-order valence-electron chi connectivity index (χ0n) is 11.8. The summed E-state index contributed by atoms with van der Waals surface area (Å²) in [6, 6.07) is 9.85. The maximum Gasteiger partial charge on any atom is 0.119 e. The molecule has 1 spiro atoms. The van der Waals surface area contributed by atoms with Crippen LogP contribution in [-0.4, -0.2) is 44.6 Å². The molecule has 2 heterocycles. The Morgan fingerprint density at radius 1 is 1.15 bits per heavy atom. The number of rotatable bonds is 5. The van der Waals surface area contributed by atoms with Crippen molar-refractivity contribution in [1.29, 1.82) is 0 Å². The highest BCUT2D eigenvalue weighted by atomic mass is 16.6. The summed E-state index contributed by atoms with van der Waals surface area (Å²) >= 11 is 0. The summed E-state index contributed by atoms with van der Waals surface area (Å²) in [5.41, 5.74) is 0.0796. The van der Waals surface area contributed by atoms with Gasteiger partial charge in [0.15, 0.2) is 0 Å². The van der Waals surface area contributed by atoms with E-state index in [1.165, 1.54) is 0 Å². The molecule has 110 valence electrons. The van der Waals surface area contributed by atoms with Gasteiger partial charge < -0.3 is 19.5 Å². The molecule has 20 heavy (non-hydrogen) atoms. The third kappa shape index (κ3) is 3.51. The topological polar surface area (TPSA) is 39.7 Å². The van der Waals surface area contributed by atoms with Gasteiger partial charge in [0.2, 0.25) is 0 Å². The van der Waals surface area contributed by atoms with Crippen LogP contribution in [0.1, 0.15) is 19.3 Å². The number of hydrogen-bond acceptors (Lipinski definition) is 4. The van der Waals surface area contributed by atoms with Gasteiger partial charge >= 0.3 is 0 Å². The highest BCUT2D eigenvalue weighted by Crippen LogP contribution is 2.35. The van der Waals surface area contributed by atoms with Crippen molar-refractivity contribution in [3.8, 4) is 5.75 Å². The van der Waals surface area contributed by atoms with E-state index < -0.39 is 0 Å². The van der Waals surface area contributed by atoms with Crippen molar-refractivity contribution < 1.29 is 14.2 Å². The van der Waals surface area contributed by atoms with Crippen molar-refractivity contribution in [3.05, 3.63) is 30.3 Å². The summed E-state index contributed by atoms with van der Waals surface area (Å²) in [6.07, 6.45) is 3.47. The number of benzene rings is 1. The molecule has 0 amide bonds. The molecule has 2 aliphatic rings. The second-order valence-corrected chi connectivity index (χ2v) is 5.60. The van der Waals surface area contributed by atoms with Gasteiger partial charge in [-0.25, -0.2) is 0 Å². The molecule has 1 aromatic carbocycles. The van der Waals surface area contributed by atoms with Crippen LogP contribution >= 0.6 is 0 Å². The van der Waals surface area contributed by atoms with Gasteiger partial charge in [-0.2, -0.15) is 0 Å². The van der Waals surface area contributed by atoms with E-state index in [0.717, 1.165) is 44.7 Å². The van der Waals surface area contributed by atoms with Crippen molar-refractivity contribution in [2.45, 2.75) is 31.0 Å². The van der Waals surface area contributed by atoms with Gasteiger partial charge in [0, 0.05) is 6.42 Å². The summed E-state index contributed by atoms with van der Waals surface area (Å²) in [6.45, 7) is 4.06. The van der Waals surface area contributed by atoms with Crippen LogP contribution in [0.5, 0.6) is 5.75 Å². The van der Waals surface area contributed by atoms with Crippen molar-refractivity contribution >= 4 is 0 Å². The van der Waals surface area contributed by atoms with E-state index in [1.54, 1.807) is 0 Å². The van der Waals surface area contributed by atoms with E-state index in [9.17, 15) is 0 Å². The molecule has 0 bridgehead atoms. The van der Waals surface area contributed by atoms with Crippen LogP contribution in [-0.2, 0) is 9.47 Å². The normalized spacial score (nSPS) is 24.9. The minimum absolute atomic E-state index is 0.0796. The van der Waals surface area contributed by atoms with E-state index in [0.29, 0.717) is 13.2 Å². The highest BCUT2D eigenvalue weighted by molar-refractivity contribution is 5.20. The molecule has 1 aromatic rings. The molecule has 2 aliphatic heterocycles. The van der Waals surface area contributed by atoms with Crippen molar-refractivity contribution in [2.24, 2.45) is 0 Å². The smallest absolute Gasteiger partial charge is 0.119 e. The molecule has 3 rings (SSSR count). The zero-order valence-corrected chi connectivity index (χ0v) is 11.8. The molecule has 2 saturated heterocycles. The van der Waals surface area contributed by atoms with E-state index in [4.69, 9.17) is 14.2 Å². The molecule has 1 unspecified atom stereocenters. The van der Waals surface area contributed by atoms with Gasteiger partial charge in [-0.15, -0.1) is 0 Å². The van der Waals surface area contributed by atoms with Crippen LogP contribution < -0.4 is 10.1 Å². The molecule has 4 nitrogen and oxygen atoms in total. The number of ether oxygens (including phenoxy) is 3. The lowest BCUT2D eigenvalue weighted by Crippen LogP contribution is -2.41. The molecule has 0 radical (unpaired) electrons. The molecule has 1 atom stereocenters. The number of para-hydroxylation sites is 1. The fraction of sp³-hybridized carbons (Fsp3) is 0.625. The Balaban J connectivity index is 1.35. The Bertz CT molecular complexity index is 403. The fourth-order valence-electron chi connectivity index (χ4n) is 3.03. The highest BCUT2D eigenvalue weighted by Gasteiger charge is 2.41. The third-order valence-electron chi connectivity index (χ3n) is 4.14. The van der Waals surface area contributed by atoms with E-state index >= 15 is 0 Å². The predicted molar refractivity (Wildman–Crippen MR) is 77.1 cm³/mol. The van der Waals surface area contributed by atoms with Gasteiger partial charge in [-0.3, -0.25) is 0 Å². The Kier molecular flexibility index (Phi) is 4.55. The SMILES string of the molecule is c1ccc(OCCOC2COC3(CCNCC3)C2)cc1. The molecular weight excluding hydrogens is 254 g/mol. The largest absolute Gasteiger partial charge is 0.491 e. The van der Waals surface area contributed by atoms with Gasteiger partial charge in [-0.05, 0) is 38.1 Å². The first-order valence-corrected chi connectivity index (χ1v) is 7.50. The molecular formula is C16H23NO3. The fourth-order valence-corrected chi connectivity index (χ4v) is 3.03. The minimum atomic E-state index is 0.0796. The Labute approximate surface area is 120 Å². The molecule has 0 aliphatic carbocycles. The minimum Gasteiger partial charge on any atom is -0.491 e. The summed E-state index contributed by atoms with van der Waals surface area (Å²) in [5, 5.41) is 3.38. The average molecular weight is 277 g/mol. The summed E-state index contributed by atoms with van der Waals surface area (Å²) in [7, 11) is 0. The van der Waals surface area contributed by atoms with Crippen molar-refractivity contribution in [1.82, 2.24) is 5.32 Å². The standard InChI is InChI=1S/C16H23NO3/c1-2-4-14(5-3-1)18-10-11-19-15-12-16(20-13-15)6-8-17-9-7-16/h1-5,15,17H,6-13H2. The summed E-state index contributed by atoms with van der Waals surface area (Å²) in [5.74, 6) is 0.897. The first kappa shape index (κ1) is 13.9. The number of nitrogens with one attached hydrogen (secondary N) is 1. The summed E-state index contributed by atoms with van der Waals surface area (Å²) < 4.78 is 17.5. The Morgan fingerprint density at radius 3 is 2.75 bits per heavy atom. The van der Waals surface area contributed by atoms with Gasteiger partial charge in [0.05, 0.1) is 24.9 Å². The van der Waals surface area contributed by atoms with Gasteiger partial charge in [-0.1, -0.05) is 18.2 Å². The maximum atomic E-state index is 6.00. The maximum absolute atomic E-state index is 6.00. The van der Waals surface area contributed by atoms with Crippen LogP contribution in [0, 0.1) is 0 Å². The van der Waals surface area contributed by atoms with Crippen LogP contribution in [0.4, 0.5) is 0 Å². The van der Waals surface area contributed by atoms with Crippen molar-refractivity contribution in [3.63, 3.8) is 0 Å². The first-order valence-electron chi connectivity index (χ1n) is 7.50. The average Bonchev–Trinajstić information content (AvgIpc) is 2.88. The summed E-state index contributed by atoms with van der Waals surface area (Å²) in [4.78, 5) is 0. The monoisotopic (exact) mass is 277 g/mol. The predicted octanol–water partition coefficient (Wildman–Crippen LogP) is 1.99. The van der Waals surface area contributed by atoms with Gasteiger partial charge in [0.1, 0.15) is 12.4 Å². The number of piperidine rings is 1. The lowest BCUT2D eigenvalue weighted by atomic mass is 9.89. The van der Waals surface area contributed by atoms with Crippen LogP contribution in [0.25, 0.3) is 0 Å². The third-order valence-corrected chi connectivity index (χ3v) is 4.14. The van der Waals surface area contributed by atoms with Crippen molar-refractivity contribution in [2.75, 3.05) is 32.9 Å². The molecule has 2 fully saturated rings. The van der Waals surface area contributed by atoms with Crippen LogP contribution in [0.2, 0.25) is 0 Å². The quantitative estimate of drug-likeness (QED) is 0.836. The van der Waals surface area contributed by atoms with E-state index in [-0.39, 0.29) is 11.7 Å². The second kappa shape index (κ2) is 6.57. The molecule has 0 aromatic heterocycles. The van der Waals surface area contributed by atoms with Gasteiger partial charge in [0.25, 0.3) is 0 Å². The van der Waals surface area contributed by atoms with E-state index in [2.05, 4.69) is 5.32 Å². The molecule has 4 heteroatoms. The lowest BCUT2D eigenvalue weighted by molar-refractivity contribution is -0.0241. The van der Waals surface area contributed by atoms with Crippen LogP contribution in [0.3, 0.4) is 0 Å². The molecule has 0 saturated carbocycles.